The van der Waals surface area contributed by atoms with Crippen LogP contribution in [0.25, 0.3) is 11.0 Å². The van der Waals surface area contributed by atoms with Crippen LogP contribution in [0.4, 0.5) is 0 Å². The Morgan fingerprint density at radius 3 is 2.23 bits per heavy atom. The molecule has 0 aliphatic carbocycles. The summed E-state index contributed by atoms with van der Waals surface area (Å²) in [7, 11) is 0. The summed E-state index contributed by atoms with van der Waals surface area (Å²) in [6.07, 6.45) is 10.3. The predicted molar refractivity (Wildman–Crippen MR) is 116 cm³/mol. The highest BCUT2D eigenvalue weighted by atomic mass is 16.4. The maximum atomic E-state index is 12.3. The van der Waals surface area contributed by atoms with Gasteiger partial charge in [-0.1, -0.05) is 51.2 Å². The lowest BCUT2D eigenvalue weighted by molar-refractivity contribution is -0.159. The van der Waals surface area contributed by atoms with Gasteiger partial charge in [0.2, 0.25) is 0 Å². The fourth-order valence-corrected chi connectivity index (χ4v) is 3.95. The van der Waals surface area contributed by atoms with Gasteiger partial charge in [-0.3, -0.25) is 4.57 Å². The number of aromatic nitrogens is 2. The maximum Gasteiger partial charge on any atom is 0.414 e. The second-order valence-electron chi connectivity index (χ2n) is 7.77. The lowest BCUT2D eigenvalue weighted by Gasteiger charge is -2.32. The topological polar surface area (TPSA) is 116 Å². The van der Waals surface area contributed by atoms with Gasteiger partial charge >= 0.3 is 17.6 Å². The molecule has 0 spiro atoms. The maximum absolute atomic E-state index is 12.3. The molecule has 30 heavy (non-hydrogen) atoms. The Balaban J connectivity index is 0.000000469. The third kappa shape index (κ3) is 7.02. The molecule has 0 unspecified atom stereocenters. The van der Waals surface area contributed by atoms with Gasteiger partial charge < -0.3 is 20.1 Å². The zero-order valence-electron chi connectivity index (χ0n) is 17.7. The molecule has 2 heterocycles. The second-order valence-corrected chi connectivity index (χ2v) is 7.77. The Morgan fingerprint density at radius 1 is 1.00 bits per heavy atom. The highest BCUT2D eigenvalue weighted by Crippen LogP contribution is 2.25. The number of carboxylic acids is 2. The van der Waals surface area contributed by atoms with Crippen molar-refractivity contribution in [2.24, 2.45) is 0 Å². The fraction of sp³-hybridized carbons (Fsp3) is 0.591. The molecule has 1 aliphatic heterocycles. The van der Waals surface area contributed by atoms with Gasteiger partial charge in [0.1, 0.15) is 0 Å². The number of piperidine rings is 1. The third-order valence-electron chi connectivity index (χ3n) is 5.56. The molecule has 1 aliphatic rings. The lowest BCUT2D eigenvalue weighted by Crippen LogP contribution is -2.37. The van der Waals surface area contributed by atoms with Gasteiger partial charge in [0.15, 0.2) is 0 Å². The number of benzene rings is 1. The minimum atomic E-state index is -1.82. The zero-order chi connectivity index (χ0) is 21.9. The molecule has 0 amide bonds. The Bertz CT molecular complexity index is 853. The number of likely N-dealkylation sites (tertiary alicyclic amines) is 1. The zero-order valence-corrected chi connectivity index (χ0v) is 17.7. The van der Waals surface area contributed by atoms with E-state index in [2.05, 4.69) is 22.9 Å². The van der Waals surface area contributed by atoms with E-state index in [1.54, 1.807) is 0 Å². The molecular weight excluding hydrogens is 386 g/mol. The van der Waals surface area contributed by atoms with Gasteiger partial charge in [0.25, 0.3) is 0 Å². The van der Waals surface area contributed by atoms with E-state index >= 15 is 0 Å². The molecule has 8 nitrogen and oxygen atoms in total. The van der Waals surface area contributed by atoms with Crippen molar-refractivity contribution in [3.05, 3.63) is 34.7 Å². The lowest BCUT2D eigenvalue weighted by atomic mass is 10.0. The molecule has 166 valence electrons. The first kappa shape index (κ1) is 23.7. The largest absolute Gasteiger partial charge is 0.473 e. The molecule has 1 aromatic heterocycles. The van der Waals surface area contributed by atoms with Crippen LogP contribution in [0, 0.1) is 0 Å². The van der Waals surface area contributed by atoms with E-state index in [9.17, 15) is 4.79 Å². The summed E-state index contributed by atoms with van der Waals surface area (Å²) in [6, 6.07) is 8.37. The van der Waals surface area contributed by atoms with Crippen LogP contribution >= 0.6 is 0 Å². The Hall–Kier alpha value is -2.61. The molecule has 0 saturated carbocycles. The SMILES string of the molecule is CCCCCCCCN1CCC(n2c(=O)[nH]c3ccccc32)CC1.O=C(O)C(=O)O. The van der Waals surface area contributed by atoms with Crippen LogP contribution in [0.1, 0.15) is 64.3 Å². The van der Waals surface area contributed by atoms with Crippen LogP contribution in [0.5, 0.6) is 0 Å². The summed E-state index contributed by atoms with van der Waals surface area (Å²) < 4.78 is 1.98. The minimum Gasteiger partial charge on any atom is -0.473 e. The van der Waals surface area contributed by atoms with Crippen molar-refractivity contribution < 1.29 is 19.8 Å². The van der Waals surface area contributed by atoms with E-state index in [4.69, 9.17) is 19.8 Å². The second kappa shape index (κ2) is 12.2. The number of aliphatic carboxylic acids is 2. The smallest absolute Gasteiger partial charge is 0.414 e. The summed E-state index contributed by atoms with van der Waals surface area (Å²) in [5.41, 5.74) is 2.06. The van der Waals surface area contributed by atoms with Gasteiger partial charge in [0, 0.05) is 19.1 Å². The first-order valence-electron chi connectivity index (χ1n) is 10.8. The molecule has 1 saturated heterocycles. The van der Waals surface area contributed by atoms with Crippen molar-refractivity contribution in [2.45, 2.75) is 64.3 Å². The summed E-state index contributed by atoms with van der Waals surface area (Å²) >= 11 is 0. The molecule has 2 aromatic rings. The van der Waals surface area contributed by atoms with Crippen LogP contribution < -0.4 is 5.69 Å². The average Bonchev–Trinajstić information content (AvgIpc) is 3.07. The number of rotatable bonds is 8. The molecule has 1 fully saturated rings. The molecule has 1 aromatic carbocycles. The summed E-state index contributed by atoms with van der Waals surface area (Å²) in [6.45, 7) is 5.72. The standard InChI is InChI=1S/C20H31N3O.C2H2O4/c1-2-3-4-5-6-9-14-22-15-12-17(13-16-22)23-19-11-8-7-10-18(19)21-20(23)24;3-1(4)2(5)6/h7-8,10-11,17H,2-6,9,12-16H2,1H3,(H,21,24);(H,3,4)(H,5,6). The van der Waals surface area contributed by atoms with Crippen molar-refractivity contribution in [1.82, 2.24) is 14.5 Å². The van der Waals surface area contributed by atoms with Crippen molar-refractivity contribution in [2.75, 3.05) is 19.6 Å². The Morgan fingerprint density at radius 2 is 1.60 bits per heavy atom. The van der Waals surface area contributed by atoms with Crippen molar-refractivity contribution in [3.63, 3.8) is 0 Å². The summed E-state index contributed by atoms with van der Waals surface area (Å²) in [5.74, 6) is -3.65. The molecule has 0 bridgehead atoms. The number of imidazole rings is 1. The molecule has 0 atom stereocenters. The van der Waals surface area contributed by atoms with Gasteiger partial charge in [-0.05, 0) is 37.9 Å². The van der Waals surface area contributed by atoms with E-state index in [0.29, 0.717) is 6.04 Å². The monoisotopic (exact) mass is 419 g/mol. The number of carboxylic acid groups (broad SMARTS) is 2. The van der Waals surface area contributed by atoms with Crippen LogP contribution in [-0.2, 0) is 9.59 Å². The van der Waals surface area contributed by atoms with E-state index in [1.165, 1.54) is 45.1 Å². The van der Waals surface area contributed by atoms with Crippen molar-refractivity contribution in [3.8, 4) is 0 Å². The number of nitrogens with zero attached hydrogens (tertiary/aromatic N) is 2. The molecule has 3 rings (SSSR count). The van der Waals surface area contributed by atoms with Crippen LogP contribution in [-0.4, -0.2) is 56.2 Å². The highest BCUT2D eigenvalue weighted by Gasteiger charge is 2.23. The van der Waals surface area contributed by atoms with Gasteiger partial charge in [-0.15, -0.1) is 0 Å². The number of para-hydroxylation sites is 2. The van der Waals surface area contributed by atoms with Crippen LogP contribution in [0.15, 0.2) is 29.1 Å². The number of hydrogen-bond donors (Lipinski definition) is 3. The molecule has 0 radical (unpaired) electrons. The molecule has 3 N–H and O–H groups in total. The van der Waals surface area contributed by atoms with Crippen molar-refractivity contribution in [1.29, 1.82) is 0 Å². The third-order valence-corrected chi connectivity index (χ3v) is 5.56. The molecule has 8 heteroatoms. The first-order valence-corrected chi connectivity index (χ1v) is 10.8. The fourth-order valence-electron chi connectivity index (χ4n) is 3.95. The highest BCUT2D eigenvalue weighted by molar-refractivity contribution is 6.27. The average molecular weight is 420 g/mol. The van der Waals surface area contributed by atoms with Crippen LogP contribution in [0.2, 0.25) is 0 Å². The van der Waals surface area contributed by atoms with Crippen LogP contribution in [0.3, 0.4) is 0 Å². The van der Waals surface area contributed by atoms with Gasteiger partial charge in [-0.25, -0.2) is 14.4 Å². The number of H-pyrrole nitrogens is 1. The Kier molecular flexibility index (Phi) is 9.60. The number of fused-ring (bicyclic) bond motifs is 1. The van der Waals surface area contributed by atoms with E-state index in [1.807, 2.05) is 22.8 Å². The Labute approximate surface area is 176 Å². The van der Waals surface area contributed by atoms with E-state index in [0.717, 1.165) is 37.0 Å². The summed E-state index contributed by atoms with van der Waals surface area (Å²) in [4.78, 5) is 36.1. The van der Waals surface area contributed by atoms with Gasteiger partial charge in [-0.2, -0.15) is 0 Å². The predicted octanol–water partition coefficient (Wildman–Crippen LogP) is 3.48. The number of nitrogens with one attached hydrogen (secondary N) is 1. The number of carbonyl (C=O) groups is 2. The number of hydrogen-bond acceptors (Lipinski definition) is 4. The van der Waals surface area contributed by atoms with Crippen molar-refractivity contribution >= 4 is 23.0 Å². The normalized spacial score (nSPS) is 15.0. The molecular formula is C22H33N3O5. The quantitative estimate of drug-likeness (QED) is 0.446. The first-order chi connectivity index (χ1) is 14.4. The summed E-state index contributed by atoms with van der Waals surface area (Å²) in [5, 5.41) is 14.8. The van der Waals surface area contributed by atoms with E-state index < -0.39 is 11.9 Å². The van der Waals surface area contributed by atoms with Gasteiger partial charge in [0.05, 0.1) is 11.0 Å². The number of aromatic amines is 1. The van der Waals surface area contributed by atoms with E-state index in [-0.39, 0.29) is 5.69 Å². The number of unbranched alkanes of at least 4 members (excludes halogenated alkanes) is 5. The minimum absolute atomic E-state index is 0.0468.